The summed E-state index contributed by atoms with van der Waals surface area (Å²) in [5.41, 5.74) is 7.70. The Morgan fingerprint density at radius 3 is 3.10 bits per heavy atom. The maximum Gasteiger partial charge on any atom is 0.276 e. The van der Waals surface area contributed by atoms with Crippen molar-refractivity contribution in [3.05, 3.63) is 56.4 Å². The van der Waals surface area contributed by atoms with E-state index < -0.39 is 0 Å². The third-order valence-electron chi connectivity index (χ3n) is 3.11. The molecule has 0 aromatic carbocycles. The van der Waals surface area contributed by atoms with Crippen LogP contribution in [0.5, 0.6) is 0 Å². The molecule has 0 fully saturated rings. The van der Waals surface area contributed by atoms with Crippen molar-refractivity contribution in [2.75, 3.05) is 6.54 Å². The van der Waals surface area contributed by atoms with Crippen LogP contribution >= 0.6 is 11.3 Å². The third-order valence-corrected chi connectivity index (χ3v) is 4.02. The lowest BCUT2D eigenvalue weighted by Gasteiger charge is -2.05. The third kappa shape index (κ3) is 2.61. The molecule has 21 heavy (non-hydrogen) atoms. The van der Waals surface area contributed by atoms with E-state index in [2.05, 4.69) is 16.9 Å². The number of thiophene rings is 1. The SMILES string of the molecule is Cc1cc2c(=O)n(Cc3sccc3C#CCN)ccn2n1. The summed E-state index contributed by atoms with van der Waals surface area (Å²) in [6.45, 7) is 2.71. The molecule has 0 saturated heterocycles. The van der Waals surface area contributed by atoms with Crippen molar-refractivity contribution in [2.45, 2.75) is 13.5 Å². The smallest absolute Gasteiger partial charge is 0.276 e. The minimum Gasteiger partial charge on any atom is -0.320 e. The van der Waals surface area contributed by atoms with Crippen LogP contribution in [0, 0.1) is 18.8 Å². The molecule has 0 atom stereocenters. The normalized spacial score (nSPS) is 10.6. The highest BCUT2D eigenvalue weighted by atomic mass is 32.1. The molecule has 0 saturated carbocycles. The second kappa shape index (κ2) is 5.56. The largest absolute Gasteiger partial charge is 0.320 e. The van der Waals surface area contributed by atoms with E-state index in [1.807, 2.05) is 18.4 Å². The molecular weight excluding hydrogens is 284 g/mol. The lowest BCUT2D eigenvalue weighted by molar-refractivity contribution is 0.749. The Morgan fingerprint density at radius 2 is 2.29 bits per heavy atom. The fourth-order valence-corrected chi connectivity index (χ4v) is 2.98. The molecule has 0 amide bonds. The standard InChI is InChI=1S/C15H14N4OS/c1-11-9-13-15(20)18(6-7-19(13)17-11)10-14-12(3-2-5-16)4-8-21-14/h4,6-9H,5,10,16H2,1H3. The summed E-state index contributed by atoms with van der Waals surface area (Å²) in [6.07, 6.45) is 3.55. The molecule has 5 nitrogen and oxygen atoms in total. The van der Waals surface area contributed by atoms with Gasteiger partial charge in [-0.05, 0) is 24.4 Å². The summed E-state index contributed by atoms with van der Waals surface area (Å²) in [7, 11) is 0. The van der Waals surface area contributed by atoms with E-state index in [9.17, 15) is 4.79 Å². The van der Waals surface area contributed by atoms with E-state index in [0.717, 1.165) is 16.1 Å². The number of rotatable bonds is 2. The Bertz CT molecular complexity index is 907. The van der Waals surface area contributed by atoms with Crippen molar-refractivity contribution >= 4 is 16.9 Å². The van der Waals surface area contributed by atoms with Crippen LogP contribution in [-0.4, -0.2) is 20.7 Å². The highest BCUT2D eigenvalue weighted by molar-refractivity contribution is 7.10. The van der Waals surface area contributed by atoms with Gasteiger partial charge in [-0.25, -0.2) is 4.52 Å². The number of nitrogens with two attached hydrogens (primary N) is 1. The summed E-state index contributed by atoms with van der Waals surface area (Å²) in [6, 6.07) is 3.75. The maximum atomic E-state index is 12.4. The molecule has 6 heteroatoms. The van der Waals surface area contributed by atoms with Gasteiger partial charge in [0.2, 0.25) is 0 Å². The van der Waals surface area contributed by atoms with E-state index in [0.29, 0.717) is 18.6 Å². The van der Waals surface area contributed by atoms with E-state index in [4.69, 9.17) is 5.73 Å². The summed E-state index contributed by atoms with van der Waals surface area (Å²) >= 11 is 1.59. The topological polar surface area (TPSA) is 65.3 Å². The minimum absolute atomic E-state index is 0.0516. The predicted molar refractivity (Wildman–Crippen MR) is 83.5 cm³/mol. The average molecular weight is 298 g/mol. The van der Waals surface area contributed by atoms with Crippen LogP contribution in [0.3, 0.4) is 0 Å². The molecule has 3 rings (SSSR count). The molecule has 3 heterocycles. The van der Waals surface area contributed by atoms with Gasteiger partial charge in [0.15, 0.2) is 0 Å². The molecule has 3 aromatic heterocycles. The summed E-state index contributed by atoms with van der Waals surface area (Å²) < 4.78 is 3.29. The van der Waals surface area contributed by atoms with Crippen molar-refractivity contribution in [1.29, 1.82) is 0 Å². The monoisotopic (exact) mass is 298 g/mol. The molecular formula is C15H14N4OS. The zero-order valence-electron chi connectivity index (χ0n) is 11.5. The first-order valence-electron chi connectivity index (χ1n) is 6.50. The Balaban J connectivity index is 2.01. The summed E-state index contributed by atoms with van der Waals surface area (Å²) in [5.74, 6) is 5.88. The van der Waals surface area contributed by atoms with Crippen LogP contribution in [0.4, 0.5) is 0 Å². The summed E-state index contributed by atoms with van der Waals surface area (Å²) in [4.78, 5) is 13.5. The molecule has 2 N–H and O–H groups in total. The van der Waals surface area contributed by atoms with Gasteiger partial charge in [-0.2, -0.15) is 5.10 Å². The maximum absolute atomic E-state index is 12.4. The Hall–Kier alpha value is -2.36. The molecule has 0 aliphatic rings. The van der Waals surface area contributed by atoms with Gasteiger partial charge in [0.25, 0.3) is 5.56 Å². The first-order valence-corrected chi connectivity index (χ1v) is 7.38. The molecule has 0 aliphatic heterocycles. The van der Waals surface area contributed by atoms with Gasteiger partial charge < -0.3 is 10.3 Å². The van der Waals surface area contributed by atoms with Crippen molar-refractivity contribution in [1.82, 2.24) is 14.2 Å². The average Bonchev–Trinajstić information content (AvgIpc) is 3.06. The van der Waals surface area contributed by atoms with Crippen molar-refractivity contribution in [2.24, 2.45) is 5.73 Å². The fraction of sp³-hybridized carbons (Fsp3) is 0.200. The number of hydrogen-bond donors (Lipinski definition) is 1. The van der Waals surface area contributed by atoms with Crippen LogP contribution in [0.2, 0.25) is 0 Å². The first-order chi connectivity index (χ1) is 10.2. The zero-order chi connectivity index (χ0) is 14.8. The van der Waals surface area contributed by atoms with Crippen LogP contribution in [0.15, 0.2) is 34.7 Å². The van der Waals surface area contributed by atoms with Gasteiger partial charge in [0.1, 0.15) is 5.52 Å². The number of aryl methyl sites for hydroxylation is 1. The zero-order valence-corrected chi connectivity index (χ0v) is 12.4. The summed E-state index contributed by atoms with van der Waals surface area (Å²) in [5, 5.41) is 6.21. The van der Waals surface area contributed by atoms with Gasteiger partial charge in [-0.1, -0.05) is 11.8 Å². The van der Waals surface area contributed by atoms with Gasteiger partial charge in [-0.3, -0.25) is 4.79 Å². The lowest BCUT2D eigenvalue weighted by atomic mass is 10.2. The van der Waals surface area contributed by atoms with Gasteiger partial charge in [0.05, 0.1) is 18.8 Å². The molecule has 0 bridgehead atoms. The van der Waals surface area contributed by atoms with Crippen molar-refractivity contribution in [3.8, 4) is 11.8 Å². The van der Waals surface area contributed by atoms with Crippen LogP contribution in [-0.2, 0) is 6.54 Å². The quantitative estimate of drug-likeness (QED) is 0.724. The van der Waals surface area contributed by atoms with Gasteiger partial charge in [-0.15, -0.1) is 11.3 Å². The van der Waals surface area contributed by atoms with E-state index in [-0.39, 0.29) is 5.56 Å². The van der Waals surface area contributed by atoms with Crippen LogP contribution in [0.25, 0.3) is 5.52 Å². The highest BCUT2D eigenvalue weighted by Gasteiger charge is 2.08. The van der Waals surface area contributed by atoms with E-state index in [1.54, 1.807) is 38.9 Å². The highest BCUT2D eigenvalue weighted by Crippen LogP contribution is 2.16. The minimum atomic E-state index is -0.0516. The Labute approximate surface area is 125 Å². The van der Waals surface area contributed by atoms with Crippen molar-refractivity contribution in [3.63, 3.8) is 0 Å². The molecule has 0 aliphatic carbocycles. The molecule has 0 spiro atoms. The fourth-order valence-electron chi connectivity index (χ4n) is 2.15. The van der Waals surface area contributed by atoms with E-state index in [1.165, 1.54) is 0 Å². The van der Waals surface area contributed by atoms with E-state index >= 15 is 0 Å². The van der Waals surface area contributed by atoms with Crippen LogP contribution < -0.4 is 11.3 Å². The van der Waals surface area contributed by atoms with Crippen LogP contribution in [0.1, 0.15) is 16.1 Å². The molecule has 106 valence electrons. The Kier molecular flexibility index (Phi) is 3.60. The van der Waals surface area contributed by atoms with Crippen molar-refractivity contribution < 1.29 is 0 Å². The Morgan fingerprint density at radius 1 is 1.43 bits per heavy atom. The number of aromatic nitrogens is 3. The molecule has 0 radical (unpaired) electrons. The molecule has 3 aromatic rings. The second-order valence-corrected chi connectivity index (χ2v) is 5.61. The number of hydrogen-bond acceptors (Lipinski definition) is 4. The second-order valence-electron chi connectivity index (χ2n) is 4.61. The predicted octanol–water partition coefficient (Wildman–Crippen LogP) is 1.22. The lowest BCUT2D eigenvalue weighted by Crippen LogP contribution is -2.21. The number of fused-ring (bicyclic) bond motifs is 1. The van der Waals surface area contributed by atoms with Gasteiger partial charge >= 0.3 is 0 Å². The molecule has 0 unspecified atom stereocenters. The van der Waals surface area contributed by atoms with Gasteiger partial charge in [0, 0.05) is 22.8 Å². The number of nitrogens with zero attached hydrogens (tertiary/aromatic N) is 3. The first kappa shape index (κ1) is 13.6.